The van der Waals surface area contributed by atoms with E-state index in [-0.39, 0.29) is 28.3 Å². The predicted molar refractivity (Wildman–Crippen MR) is 132 cm³/mol. The molecule has 1 saturated carbocycles. The lowest BCUT2D eigenvalue weighted by molar-refractivity contribution is -0.117. The van der Waals surface area contributed by atoms with Gasteiger partial charge in [0, 0.05) is 39.7 Å². The van der Waals surface area contributed by atoms with Gasteiger partial charge < -0.3 is 5.32 Å². The number of alkyl halides is 2. The molecule has 1 fully saturated rings. The molecule has 3 nitrogen and oxygen atoms in total. The zero-order chi connectivity index (χ0) is 24.8. The summed E-state index contributed by atoms with van der Waals surface area (Å²) < 4.78 is 25.7. The summed E-state index contributed by atoms with van der Waals surface area (Å²) in [4.78, 5) is 25.7. The minimum atomic E-state index is -1.37. The summed E-state index contributed by atoms with van der Waals surface area (Å²) >= 11 is 31.0. The fourth-order valence-electron chi connectivity index (χ4n) is 3.79. The number of carbonyl (C=O) groups excluding carboxylic acids is 2. The maximum Gasteiger partial charge on any atom is 0.231 e. The van der Waals surface area contributed by atoms with Crippen LogP contribution in [0.15, 0.2) is 54.6 Å². The first kappa shape index (κ1) is 25.2. The second-order valence-electron chi connectivity index (χ2n) is 7.85. The fraction of sp³-hybridized carbons (Fsp3) is 0.167. The van der Waals surface area contributed by atoms with Crippen molar-refractivity contribution in [1.82, 2.24) is 0 Å². The van der Waals surface area contributed by atoms with E-state index in [0.717, 1.165) is 6.07 Å². The van der Waals surface area contributed by atoms with E-state index >= 15 is 0 Å². The maximum atomic E-state index is 13.9. The summed E-state index contributed by atoms with van der Waals surface area (Å²) in [5.41, 5.74) is 0.985. The van der Waals surface area contributed by atoms with Gasteiger partial charge in [-0.3, -0.25) is 9.59 Å². The molecule has 0 aliphatic heterocycles. The van der Waals surface area contributed by atoms with Crippen molar-refractivity contribution in [1.29, 1.82) is 0 Å². The molecular weight excluding hydrogens is 550 g/mol. The van der Waals surface area contributed by atoms with E-state index in [1.54, 1.807) is 18.2 Å². The molecule has 0 heterocycles. The van der Waals surface area contributed by atoms with Crippen LogP contribution in [0.3, 0.4) is 0 Å². The first-order chi connectivity index (χ1) is 16.0. The van der Waals surface area contributed by atoms with Gasteiger partial charge in [0.2, 0.25) is 5.91 Å². The minimum absolute atomic E-state index is 0.0203. The van der Waals surface area contributed by atoms with Crippen LogP contribution in [0.25, 0.3) is 0 Å². The van der Waals surface area contributed by atoms with Crippen molar-refractivity contribution in [2.45, 2.75) is 16.7 Å². The fourth-order valence-corrected chi connectivity index (χ4v) is 5.39. The standard InChI is InChI=1S/C24H14Cl5F2NO2/c25-13-5-12(6-14(26)8-13)21-22(24(21,28)29)23(34)32-16-3-4-18(27)17(10-16)20(33)7-11-1-2-15(30)9-19(11)31/h1-6,8-10,21-22H,7H2,(H,32,34). The molecule has 1 N–H and O–H groups in total. The van der Waals surface area contributed by atoms with Gasteiger partial charge in [-0.25, -0.2) is 8.78 Å². The largest absolute Gasteiger partial charge is 0.326 e. The van der Waals surface area contributed by atoms with Crippen molar-refractivity contribution in [3.05, 3.63) is 98.0 Å². The third kappa shape index (κ3) is 5.19. The van der Waals surface area contributed by atoms with E-state index in [4.69, 9.17) is 58.0 Å². The molecule has 0 saturated heterocycles. The number of ketones is 1. The third-order valence-corrected chi connectivity index (χ3v) is 7.19. The van der Waals surface area contributed by atoms with Gasteiger partial charge >= 0.3 is 0 Å². The Balaban J connectivity index is 1.52. The Kier molecular flexibility index (Phi) is 7.14. The SMILES string of the molecule is O=C(Cc1ccc(F)cc1F)c1cc(NC(=O)C2C(c3cc(Cl)cc(Cl)c3)C2(Cl)Cl)ccc1Cl. The number of hydrogen-bond donors (Lipinski definition) is 1. The van der Waals surface area contributed by atoms with Crippen LogP contribution in [-0.4, -0.2) is 16.0 Å². The molecular formula is C24H14Cl5F2NO2. The summed E-state index contributed by atoms with van der Waals surface area (Å²) in [5, 5.41) is 3.57. The van der Waals surface area contributed by atoms with E-state index in [0.29, 0.717) is 21.7 Å². The van der Waals surface area contributed by atoms with Crippen LogP contribution in [0.2, 0.25) is 15.1 Å². The summed E-state index contributed by atoms with van der Waals surface area (Å²) in [6, 6.07) is 12.1. The van der Waals surface area contributed by atoms with Crippen LogP contribution in [-0.2, 0) is 11.2 Å². The summed E-state index contributed by atoms with van der Waals surface area (Å²) in [7, 11) is 0. The number of rotatable bonds is 6. The molecule has 3 aromatic carbocycles. The highest BCUT2D eigenvalue weighted by molar-refractivity contribution is 6.53. The van der Waals surface area contributed by atoms with Crippen molar-refractivity contribution in [2.24, 2.45) is 5.92 Å². The van der Waals surface area contributed by atoms with Crippen molar-refractivity contribution >= 4 is 75.4 Å². The van der Waals surface area contributed by atoms with Gasteiger partial charge in [0.05, 0.1) is 10.9 Å². The molecule has 176 valence electrons. The zero-order valence-corrected chi connectivity index (χ0v) is 20.8. The number of halogens is 7. The number of carbonyl (C=O) groups is 2. The number of hydrogen-bond acceptors (Lipinski definition) is 2. The summed E-state index contributed by atoms with van der Waals surface area (Å²) in [5.74, 6) is -3.90. The monoisotopic (exact) mass is 561 g/mol. The molecule has 0 radical (unpaired) electrons. The highest BCUT2D eigenvalue weighted by atomic mass is 35.5. The summed E-state index contributed by atoms with van der Waals surface area (Å²) in [6.07, 6.45) is -0.337. The molecule has 34 heavy (non-hydrogen) atoms. The lowest BCUT2D eigenvalue weighted by Gasteiger charge is -2.10. The van der Waals surface area contributed by atoms with E-state index < -0.39 is 39.5 Å². The van der Waals surface area contributed by atoms with Crippen LogP contribution in [0.1, 0.15) is 27.4 Å². The van der Waals surface area contributed by atoms with E-state index in [1.807, 2.05) is 0 Å². The Morgan fingerprint density at radius 1 is 0.912 bits per heavy atom. The van der Waals surface area contributed by atoms with Crippen molar-refractivity contribution in [3.8, 4) is 0 Å². The van der Waals surface area contributed by atoms with Gasteiger partial charge in [0.25, 0.3) is 0 Å². The molecule has 0 aromatic heterocycles. The van der Waals surface area contributed by atoms with Gasteiger partial charge in [-0.1, -0.05) is 40.9 Å². The quantitative estimate of drug-likeness (QED) is 0.245. The number of amides is 1. The number of benzene rings is 3. The molecule has 0 spiro atoms. The summed E-state index contributed by atoms with van der Waals surface area (Å²) in [6.45, 7) is 0. The first-order valence-corrected chi connectivity index (χ1v) is 11.8. The molecule has 10 heteroatoms. The van der Waals surface area contributed by atoms with Gasteiger partial charge in [-0.2, -0.15) is 0 Å². The maximum absolute atomic E-state index is 13.9. The lowest BCUT2D eigenvalue weighted by Crippen LogP contribution is -2.17. The lowest BCUT2D eigenvalue weighted by atomic mass is 10.0. The molecule has 1 aliphatic carbocycles. The Morgan fingerprint density at radius 3 is 2.24 bits per heavy atom. The highest BCUT2D eigenvalue weighted by Gasteiger charge is 2.67. The van der Waals surface area contributed by atoms with Crippen LogP contribution in [0, 0.1) is 17.6 Å². The Bertz CT molecular complexity index is 1290. The number of Topliss-reactive ketones (excluding diaryl/α,β-unsaturated/α-hetero) is 1. The van der Waals surface area contributed by atoms with E-state index in [2.05, 4.69) is 5.32 Å². The second kappa shape index (κ2) is 9.63. The molecule has 0 bridgehead atoms. The van der Waals surface area contributed by atoms with Crippen LogP contribution in [0.4, 0.5) is 14.5 Å². The Morgan fingerprint density at radius 2 is 1.59 bits per heavy atom. The van der Waals surface area contributed by atoms with Crippen LogP contribution in [0.5, 0.6) is 0 Å². The Hall–Kier alpha value is -1.89. The topological polar surface area (TPSA) is 46.2 Å². The van der Waals surface area contributed by atoms with Crippen molar-refractivity contribution in [2.75, 3.05) is 5.32 Å². The predicted octanol–water partition coefficient (Wildman–Crippen LogP) is 7.88. The molecule has 2 atom stereocenters. The Labute approximate surface area is 218 Å². The van der Waals surface area contributed by atoms with Crippen LogP contribution >= 0.6 is 58.0 Å². The zero-order valence-electron chi connectivity index (χ0n) is 17.0. The number of anilines is 1. The molecule has 1 aliphatic rings. The van der Waals surface area contributed by atoms with E-state index in [9.17, 15) is 18.4 Å². The minimum Gasteiger partial charge on any atom is -0.326 e. The van der Waals surface area contributed by atoms with Gasteiger partial charge in [0.1, 0.15) is 16.0 Å². The smallest absolute Gasteiger partial charge is 0.231 e. The van der Waals surface area contributed by atoms with Crippen molar-refractivity contribution < 1.29 is 18.4 Å². The van der Waals surface area contributed by atoms with Gasteiger partial charge in [-0.05, 0) is 53.6 Å². The average molecular weight is 564 g/mol. The second-order valence-corrected chi connectivity index (χ2v) is 10.6. The first-order valence-electron chi connectivity index (χ1n) is 9.88. The van der Waals surface area contributed by atoms with E-state index in [1.165, 1.54) is 24.3 Å². The number of nitrogens with one attached hydrogen (secondary N) is 1. The van der Waals surface area contributed by atoms with Crippen LogP contribution < -0.4 is 5.32 Å². The third-order valence-electron chi connectivity index (χ3n) is 5.48. The van der Waals surface area contributed by atoms with Gasteiger partial charge in [-0.15, -0.1) is 23.2 Å². The van der Waals surface area contributed by atoms with Gasteiger partial charge in [0.15, 0.2) is 5.78 Å². The van der Waals surface area contributed by atoms with Crippen molar-refractivity contribution in [3.63, 3.8) is 0 Å². The molecule has 4 rings (SSSR count). The molecule has 1 amide bonds. The normalized spacial score (nSPS) is 18.4. The average Bonchev–Trinajstić information content (AvgIpc) is 3.33. The molecule has 2 unspecified atom stereocenters. The highest BCUT2D eigenvalue weighted by Crippen LogP contribution is 2.65. The molecule has 3 aromatic rings.